The van der Waals surface area contributed by atoms with E-state index in [9.17, 15) is 8.42 Å². The van der Waals surface area contributed by atoms with E-state index in [1.807, 2.05) is 0 Å². The molecule has 0 spiro atoms. The minimum Gasteiger partial charge on any atom is -0.398 e. The predicted octanol–water partition coefficient (Wildman–Crippen LogP) is 1.67. The number of nitrogens with two attached hydrogens (primary N) is 1. The zero-order valence-electron chi connectivity index (χ0n) is 10.4. The molecule has 2 aromatic rings. The number of nitrogens with zero attached hydrogens (tertiary/aromatic N) is 2. The maximum Gasteiger partial charge on any atom is 0.180 e. The van der Waals surface area contributed by atoms with E-state index in [4.69, 9.17) is 17.3 Å². The average molecular weight is 300 g/mol. The Kier molecular flexibility index (Phi) is 3.82. The maximum atomic E-state index is 12.2. The molecule has 0 radical (unpaired) electrons. The van der Waals surface area contributed by atoms with Crippen LogP contribution < -0.4 is 5.73 Å². The molecule has 0 bridgehead atoms. The van der Waals surface area contributed by atoms with E-state index in [0.717, 1.165) is 5.69 Å². The van der Waals surface area contributed by atoms with E-state index >= 15 is 0 Å². The summed E-state index contributed by atoms with van der Waals surface area (Å²) < 4.78 is 26.1. The van der Waals surface area contributed by atoms with Crippen molar-refractivity contribution in [3.05, 3.63) is 41.2 Å². The summed E-state index contributed by atoms with van der Waals surface area (Å²) in [4.78, 5) is 0.0853. The molecular weight excluding hydrogens is 286 g/mol. The molecule has 1 aromatic heterocycles. The van der Waals surface area contributed by atoms with Gasteiger partial charge in [0.25, 0.3) is 0 Å². The largest absolute Gasteiger partial charge is 0.398 e. The van der Waals surface area contributed by atoms with E-state index < -0.39 is 9.84 Å². The minimum atomic E-state index is -3.46. The van der Waals surface area contributed by atoms with Gasteiger partial charge in [0.15, 0.2) is 9.84 Å². The minimum absolute atomic E-state index is 0.0307. The molecule has 0 atom stereocenters. The van der Waals surface area contributed by atoms with Gasteiger partial charge in [-0.25, -0.2) is 8.42 Å². The second kappa shape index (κ2) is 5.22. The van der Waals surface area contributed by atoms with Crippen molar-refractivity contribution < 1.29 is 8.42 Å². The van der Waals surface area contributed by atoms with Crippen LogP contribution in [0.5, 0.6) is 0 Å². The Balaban J connectivity index is 2.23. The SMILES string of the molecule is Cn1nccc1CCS(=O)(=O)c1cc(Cl)ccc1N. The first-order chi connectivity index (χ1) is 8.90. The van der Waals surface area contributed by atoms with Gasteiger partial charge in [0.1, 0.15) is 0 Å². The molecule has 0 amide bonds. The van der Waals surface area contributed by atoms with Crippen LogP contribution in [0.2, 0.25) is 5.02 Å². The van der Waals surface area contributed by atoms with Gasteiger partial charge < -0.3 is 5.73 Å². The lowest BCUT2D eigenvalue weighted by atomic mass is 10.3. The van der Waals surface area contributed by atoms with Gasteiger partial charge in [-0.05, 0) is 24.3 Å². The summed E-state index contributed by atoms with van der Waals surface area (Å²) in [7, 11) is -1.68. The third-order valence-electron chi connectivity index (χ3n) is 2.86. The molecule has 0 aliphatic rings. The zero-order valence-corrected chi connectivity index (χ0v) is 11.9. The molecule has 0 fully saturated rings. The van der Waals surface area contributed by atoms with Crippen LogP contribution in [0, 0.1) is 0 Å². The first-order valence-corrected chi connectivity index (χ1v) is 7.68. The molecule has 5 nitrogen and oxygen atoms in total. The molecule has 0 aliphatic heterocycles. The Bertz CT molecular complexity index is 695. The molecule has 0 saturated heterocycles. The fourth-order valence-corrected chi connectivity index (χ4v) is 3.44. The Morgan fingerprint density at radius 2 is 2.11 bits per heavy atom. The van der Waals surface area contributed by atoms with E-state index in [0.29, 0.717) is 11.4 Å². The van der Waals surface area contributed by atoms with Crippen LogP contribution in [-0.4, -0.2) is 24.0 Å². The van der Waals surface area contributed by atoms with Gasteiger partial charge >= 0.3 is 0 Å². The Labute approximate surface area is 116 Å². The molecule has 7 heteroatoms. The van der Waals surface area contributed by atoms with Crippen molar-refractivity contribution in [3.63, 3.8) is 0 Å². The van der Waals surface area contributed by atoms with Crippen LogP contribution in [0.25, 0.3) is 0 Å². The third-order valence-corrected chi connectivity index (χ3v) is 4.86. The van der Waals surface area contributed by atoms with Gasteiger partial charge in [-0.1, -0.05) is 11.6 Å². The number of halogens is 1. The van der Waals surface area contributed by atoms with Crippen LogP contribution >= 0.6 is 11.6 Å². The Morgan fingerprint density at radius 1 is 1.37 bits per heavy atom. The second-order valence-electron chi connectivity index (χ2n) is 4.20. The predicted molar refractivity (Wildman–Crippen MR) is 74.8 cm³/mol. The Hall–Kier alpha value is -1.53. The van der Waals surface area contributed by atoms with Gasteiger partial charge in [0.2, 0.25) is 0 Å². The van der Waals surface area contributed by atoms with Crippen molar-refractivity contribution in [2.24, 2.45) is 7.05 Å². The number of hydrogen-bond acceptors (Lipinski definition) is 4. The summed E-state index contributed by atoms with van der Waals surface area (Å²) in [6.45, 7) is 0. The number of hydrogen-bond donors (Lipinski definition) is 1. The van der Waals surface area contributed by atoms with Crippen LogP contribution in [0.1, 0.15) is 5.69 Å². The van der Waals surface area contributed by atoms with Gasteiger partial charge in [-0.2, -0.15) is 5.10 Å². The highest BCUT2D eigenvalue weighted by Gasteiger charge is 2.18. The van der Waals surface area contributed by atoms with Crippen LogP contribution in [-0.2, 0) is 23.3 Å². The highest BCUT2D eigenvalue weighted by molar-refractivity contribution is 7.91. The highest BCUT2D eigenvalue weighted by Crippen LogP contribution is 2.24. The van der Waals surface area contributed by atoms with Gasteiger partial charge in [-0.15, -0.1) is 0 Å². The lowest BCUT2D eigenvalue weighted by Crippen LogP contribution is -2.13. The van der Waals surface area contributed by atoms with Crippen molar-refractivity contribution in [1.82, 2.24) is 9.78 Å². The summed E-state index contributed by atoms with van der Waals surface area (Å²) in [5, 5.41) is 4.35. The Morgan fingerprint density at radius 3 is 2.74 bits per heavy atom. The standard InChI is InChI=1S/C12H14ClN3O2S/c1-16-10(4-6-15-16)5-7-19(17,18)12-8-9(13)2-3-11(12)14/h2-4,6,8H,5,7,14H2,1H3. The van der Waals surface area contributed by atoms with E-state index in [1.165, 1.54) is 12.1 Å². The fourth-order valence-electron chi connectivity index (χ4n) is 1.77. The second-order valence-corrected chi connectivity index (χ2v) is 6.71. The highest BCUT2D eigenvalue weighted by atomic mass is 35.5. The van der Waals surface area contributed by atoms with Crippen molar-refractivity contribution in [2.75, 3.05) is 11.5 Å². The van der Waals surface area contributed by atoms with Crippen LogP contribution in [0.4, 0.5) is 5.69 Å². The topological polar surface area (TPSA) is 78.0 Å². The molecule has 2 rings (SSSR count). The van der Waals surface area contributed by atoms with Crippen molar-refractivity contribution in [2.45, 2.75) is 11.3 Å². The quantitative estimate of drug-likeness (QED) is 0.871. The number of aryl methyl sites for hydroxylation is 2. The normalized spacial score (nSPS) is 11.7. The number of anilines is 1. The first kappa shape index (κ1) is 13.9. The average Bonchev–Trinajstić information content (AvgIpc) is 2.75. The molecule has 0 unspecified atom stereocenters. The third kappa shape index (κ3) is 3.08. The van der Waals surface area contributed by atoms with Gasteiger partial charge in [0, 0.05) is 30.4 Å². The van der Waals surface area contributed by atoms with E-state index in [2.05, 4.69) is 5.10 Å². The molecule has 0 aliphatic carbocycles. The summed E-state index contributed by atoms with van der Waals surface area (Å²) in [5.41, 5.74) is 6.77. The lowest BCUT2D eigenvalue weighted by Gasteiger charge is -2.08. The van der Waals surface area contributed by atoms with Crippen LogP contribution in [0.15, 0.2) is 35.4 Å². The van der Waals surface area contributed by atoms with Crippen molar-refractivity contribution in [1.29, 1.82) is 0 Å². The van der Waals surface area contributed by atoms with Crippen molar-refractivity contribution >= 4 is 27.1 Å². The molecular formula is C12H14ClN3O2S. The molecule has 2 N–H and O–H groups in total. The fraction of sp³-hybridized carbons (Fsp3) is 0.250. The molecule has 0 saturated carbocycles. The summed E-state index contributed by atoms with van der Waals surface area (Å²) in [6, 6.07) is 6.24. The zero-order chi connectivity index (χ0) is 14.0. The number of benzene rings is 1. The number of sulfone groups is 1. The maximum absolute atomic E-state index is 12.2. The smallest absolute Gasteiger partial charge is 0.180 e. The van der Waals surface area contributed by atoms with Crippen LogP contribution in [0.3, 0.4) is 0 Å². The number of aromatic nitrogens is 2. The van der Waals surface area contributed by atoms with E-state index in [-0.39, 0.29) is 16.3 Å². The number of nitrogen functional groups attached to an aromatic ring is 1. The molecule has 1 heterocycles. The molecule has 19 heavy (non-hydrogen) atoms. The monoisotopic (exact) mass is 299 g/mol. The first-order valence-electron chi connectivity index (χ1n) is 5.65. The molecule has 1 aromatic carbocycles. The van der Waals surface area contributed by atoms with Crippen molar-refractivity contribution in [3.8, 4) is 0 Å². The lowest BCUT2D eigenvalue weighted by molar-refractivity contribution is 0.594. The number of rotatable bonds is 4. The summed E-state index contributed by atoms with van der Waals surface area (Å²) >= 11 is 5.81. The summed E-state index contributed by atoms with van der Waals surface area (Å²) in [6.07, 6.45) is 2.01. The van der Waals surface area contributed by atoms with Gasteiger partial charge in [-0.3, -0.25) is 4.68 Å². The summed E-state index contributed by atoms with van der Waals surface area (Å²) in [5.74, 6) is -0.0307. The van der Waals surface area contributed by atoms with Gasteiger partial charge in [0.05, 0.1) is 16.3 Å². The van der Waals surface area contributed by atoms with E-state index in [1.54, 1.807) is 30.1 Å². The molecule has 102 valence electrons.